The number of rotatable bonds is 6. The Kier molecular flexibility index (Phi) is 31.5. The van der Waals surface area contributed by atoms with E-state index in [9.17, 15) is 0 Å². The van der Waals surface area contributed by atoms with Crippen LogP contribution in [-0.2, 0) is 14.2 Å². The van der Waals surface area contributed by atoms with Crippen LogP contribution in [0.4, 0.5) is 0 Å². The van der Waals surface area contributed by atoms with Crippen LogP contribution in [0.5, 0.6) is 0 Å². The Morgan fingerprint density at radius 3 is 1.02 bits per heavy atom. The summed E-state index contributed by atoms with van der Waals surface area (Å²) in [5, 5.41) is 0. The van der Waals surface area contributed by atoms with E-state index in [1.165, 1.54) is 77.7 Å². The summed E-state index contributed by atoms with van der Waals surface area (Å²) >= 11 is 0. The average molecular weight is 1320 g/mol. The van der Waals surface area contributed by atoms with Crippen molar-refractivity contribution in [3.63, 3.8) is 0 Å². The maximum absolute atomic E-state index is 6.34. The molecule has 7 heteroatoms. The molecule has 0 saturated carbocycles. The SMILES string of the molecule is CC(C)(C)C1CC(C(C)(C)C)CN(C(C)(C)C)C1.CC(C)(C)CC1(CC(C)(C)C)CCN(C(C)(C)C)CC1.CC(C)(C)CC1CC(C(C)(C)C)CN1C(C)(C)C.CC(C)(C)CC1OC(OC(C)(C)C)CC1C(C)(C)C.[B]C1OC(CC(C)(C)C)C(C(C)(C)C)C1C(C)(C)C. The third-order valence-corrected chi connectivity index (χ3v) is 21.7. The molecule has 11 unspecified atom stereocenters. The molecule has 2 radical (unpaired) electrons. The van der Waals surface area contributed by atoms with Gasteiger partial charge in [-0.1, -0.05) is 228 Å². The number of hydrogen-bond acceptors (Lipinski definition) is 6. The highest BCUT2D eigenvalue weighted by Gasteiger charge is 2.53. The van der Waals surface area contributed by atoms with E-state index in [0.29, 0.717) is 83.8 Å². The second kappa shape index (κ2) is 32.2. The zero-order chi connectivity index (χ0) is 74.8. The Morgan fingerprint density at radius 1 is 0.362 bits per heavy atom. The van der Waals surface area contributed by atoms with Crippen LogP contribution in [0.3, 0.4) is 0 Å². The molecule has 0 aromatic heterocycles. The molecule has 5 heterocycles. The van der Waals surface area contributed by atoms with E-state index < -0.39 is 0 Å². The molecule has 5 fully saturated rings. The van der Waals surface area contributed by atoms with Gasteiger partial charge in [-0.2, -0.15) is 0 Å². The van der Waals surface area contributed by atoms with Crippen LogP contribution in [0.15, 0.2) is 0 Å². The standard InChI is InChI=1S/C19H39N.C17H33BO.2C17H35N.C17H34O2/c1-16(2,3)14-19(15-17(4,5)6)10-12-20(13-11-19)18(7,8)9;1-15(2,3)10-11-12(16(4,5)6)13(14(18)19-11)17(7,8)9;1-15(2,3)11-14-10-13(16(4,5)6)12-18(14)17(7,8)9;1-15(2,3)13-10-14(16(4,5)6)12-18(11-13)17(7,8)9;1-15(2,3)11-13-12(16(4,5)6)10-14(18-13)19-17(7,8)9/h10-15H2,1-9H3;11-14H,10H2,1-9H3;2*13-14H,10-12H2,1-9H3;12-14H,10-11H2,1-9H3. The topological polar surface area (TPSA) is 37.4 Å². The van der Waals surface area contributed by atoms with Gasteiger partial charge in [-0.05, 0) is 254 Å². The third kappa shape index (κ3) is 33.7. The van der Waals surface area contributed by atoms with Crippen molar-refractivity contribution in [2.75, 3.05) is 32.7 Å². The summed E-state index contributed by atoms with van der Waals surface area (Å²) in [6.45, 7) is 112. The molecule has 6 nitrogen and oxygen atoms in total. The van der Waals surface area contributed by atoms with Gasteiger partial charge < -0.3 is 14.2 Å². The van der Waals surface area contributed by atoms with Crippen molar-refractivity contribution in [3.05, 3.63) is 0 Å². The fourth-order valence-electron chi connectivity index (χ4n) is 17.1. The van der Waals surface area contributed by atoms with E-state index in [1.807, 2.05) is 0 Å². The van der Waals surface area contributed by atoms with Gasteiger partial charge in [-0.15, -0.1) is 0 Å². The summed E-state index contributed by atoms with van der Waals surface area (Å²) in [5.74, 6) is 3.97. The molecule has 0 aliphatic carbocycles. The molecule has 94 heavy (non-hydrogen) atoms. The van der Waals surface area contributed by atoms with E-state index in [-0.39, 0.29) is 45.7 Å². The summed E-state index contributed by atoms with van der Waals surface area (Å²) in [6.07, 6.45) is 13.3. The predicted molar refractivity (Wildman–Crippen MR) is 420 cm³/mol. The summed E-state index contributed by atoms with van der Waals surface area (Å²) in [5.41, 5.74) is 5.20. The Bertz CT molecular complexity index is 2090. The molecule has 0 bridgehead atoms. The lowest BCUT2D eigenvalue weighted by Crippen LogP contribution is -2.54. The number of hydrogen-bond donors (Lipinski definition) is 0. The molecule has 5 aliphatic heterocycles. The maximum Gasteiger partial charge on any atom is 0.159 e. The first-order chi connectivity index (χ1) is 40.9. The van der Waals surface area contributed by atoms with Crippen LogP contribution in [0.1, 0.15) is 376 Å². The third-order valence-electron chi connectivity index (χ3n) is 21.7. The van der Waals surface area contributed by atoms with E-state index >= 15 is 0 Å². The molecule has 0 spiro atoms. The number of ether oxygens (including phenoxy) is 3. The lowest BCUT2D eigenvalue weighted by molar-refractivity contribution is -0.190. The Morgan fingerprint density at radius 2 is 0.723 bits per heavy atom. The van der Waals surface area contributed by atoms with Gasteiger partial charge in [0.1, 0.15) is 7.85 Å². The van der Waals surface area contributed by atoms with Crippen LogP contribution in [0.25, 0.3) is 0 Å². The largest absolute Gasteiger partial charge is 0.384 e. The highest BCUT2D eigenvalue weighted by atomic mass is 16.7. The van der Waals surface area contributed by atoms with Crippen molar-refractivity contribution in [3.8, 4) is 0 Å². The monoisotopic (exact) mass is 1320 g/mol. The number of piperidine rings is 2. The quantitative estimate of drug-likeness (QED) is 0.247. The summed E-state index contributed by atoms with van der Waals surface area (Å²) < 4.78 is 18.5. The minimum absolute atomic E-state index is 0.0448. The first-order valence-corrected chi connectivity index (χ1v) is 38.9. The molecule has 0 aromatic carbocycles. The average Bonchev–Trinajstić information content (AvgIpc) is 1.52. The van der Waals surface area contributed by atoms with Crippen molar-refractivity contribution in [2.24, 2.45) is 100 Å². The van der Waals surface area contributed by atoms with Gasteiger partial charge in [0.2, 0.25) is 0 Å². The molecule has 11 atom stereocenters. The molecular formula is C87H176BN3O3. The Hall–Kier alpha value is -0.175. The Balaban J connectivity index is 0.000000588. The molecule has 5 rings (SSSR count). The van der Waals surface area contributed by atoms with Gasteiger partial charge in [-0.25, -0.2) is 0 Å². The highest BCUT2D eigenvalue weighted by Crippen LogP contribution is 2.54. The fraction of sp³-hybridized carbons (Fsp3) is 1.00. The lowest BCUT2D eigenvalue weighted by atomic mass is 9.58. The van der Waals surface area contributed by atoms with Crippen LogP contribution >= 0.6 is 0 Å². The fourth-order valence-corrected chi connectivity index (χ4v) is 17.1. The van der Waals surface area contributed by atoms with Crippen molar-refractivity contribution in [1.82, 2.24) is 14.7 Å². The summed E-state index contributed by atoms with van der Waals surface area (Å²) in [4.78, 5) is 8.15. The van der Waals surface area contributed by atoms with Crippen LogP contribution in [0, 0.1) is 100 Å². The maximum atomic E-state index is 6.34. The van der Waals surface area contributed by atoms with Gasteiger partial charge in [0.15, 0.2) is 6.29 Å². The predicted octanol–water partition coefficient (Wildman–Crippen LogP) is 25.2. The zero-order valence-electron chi connectivity index (χ0n) is 73.1. The van der Waals surface area contributed by atoms with Gasteiger partial charge in [0.05, 0.1) is 17.8 Å². The Labute approximate surface area is 595 Å². The molecule has 560 valence electrons. The van der Waals surface area contributed by atoms with Crippen molar-refractivity contribution in [1.29, 1.82) is 0 Å². The highest BCUT2D eigenvalue weighted by molar-refractivity contribution is 6.11. The molecule has 0 amide bonds. The smallest absolute Gasteiger partial charge is 0.159 e. The summed E-state index contributed by atoms with van der Waals surface area (Å²) in [7, 11) is 6.34. The van der Waals surface area contributed by atoms with Gasteiger partial charge in [0.25, 0.3) is 0 Å². The lowest BCUT2D eigenvalue weighted by Gasteiger charge is -2.51. The van der Waals surface area contributed by atoms with E-state index in [1.54, 1.807) is 0 Å². The van der Waals surface area contributed by atoms with Gasteiger partial charge in [0, 0.05) is 54.7 Å². The normalized spacial score (nSPS) is 28.3. The van der Waals surface area contributed by atoms with Crippen LogP contribution < -0.4 is 0 Å². The first kappa shape index (κ1) is 91.8. The van der Waals surface area contributed by atoms with Crippen molar-refractivity contribution in [2.45, 2.75) is 429 Å². The summed E-state index contributed by atoms with van der Waals surface area (Å²) in [6, 6.07) is 0.630. The first-order valence-electron chi connectivity index (χ1n) is 38.9. The molecule has 0 N–H and O–H groups in total. The number of likely N-dealkylation sites (tertiary alicyclic amines) is 3. The van der Waals surface area contributed by atoms with E-state index in [2.05, 4.69) is 326 Å². The van der Waals surface area contributed by atoms with Crippen LogP contribution in [-0.4, -0.2) is 108 Å². The van der Waals surface area contributed by atoms with E-state index in [4.69, 9.17) is 22.1 Å². The molecule has 0 aromatic rings. The second-order valence-electron chi connectivity index (χ2n) is 48.6. The molecule has 5 saturated heterocycles. The minimum Gasteiger partial charge on any atom is -0.384 e. The van der Waals surface area contributed by atoms with Crippen LogP contribution in [0.2, 0.25) is 0 Å². The van der Waals surface area contributed by atoms with Crippen molar-refractivity contribution >= 4 is 7.85 Å². The minimum atomic E-state index is -0.135. The van der Waals surface area contributed by atoms with Gasteiger partial charge >= 0.3 is 0 Å². The van der Waals surface area contributed by atoms with Gasteiger partial charge in [-0.3, -0.25) is 14.7 Å². The second-order valence-corrected chi connectivity index (χ2v) is 48.6. The molecule has 5 aliphatic rings. The van der Waals surface area contributed by atoms with Crippen molar-refractivity contribution < 1.29 is 14.2 Å². The number of nitrogens with zero attached hydrogens (tertiary/aromatic N) is 3. The zero-order valence-corrected chi connectivity index (χ0v) is 73.1. The van der Waals surface area contributed by atoms with E-state index in [0.717, 1.165) is 43.1 Å². The molecular weight excluding hydrogens is 1150 g/mol.